The van der Waals surface area contributed by atoms with Crippen molar-refractivity contribution in [1.82, 2.24) is 0 Å². The zero-order chi connectivity index (χ0) is 11.4. The third kappa shape index (κ3) is 3.08. The van der Waals surface area contributed by atoms with Gasteiger partial charge in [-0.15, -0.1) is 0 Å². The van der Waals surface area contributed by atoms with Gasteiger partial charge in [-0.25, -0.2) is 0 Å². The Bertz CT molecular complexity index is 367. The van der Waals surface area contributed by atoms with Gasteiger partial charge in [0.05, 0.1) is 0 Å². The second-order valence-corrected chi connectivity index (χ2v) is 3.91. The lowest BCUT2D eigenvalue weighted by Crippen LogP contribution is -2.09. The summed E-state index contributed by atoms with van der Waals surface area (Å²) in [7, 11) is 0. The van der Waals surface area contributed by atoms with Crippen LogP contribution in [0.1, 0.15) is 30.5 Å². The van der Waals surface area contributed by atoms with Crippen molar-refractivity contribution < 1.29 is 9.53 Å². The Hall–Kier alpha value is -1.31. The fourth-order valence-corrected chi connectivity index (χ4v) is 1.69. The van der Waals surface area contributed by atoms with Crippen LogP contribution in [0.25, 0.3) is 0 Å². The van der Waals surface area contributed by atoms with Gasteiger partial charge >= 0.3 is 0 Å². The number of ketones is 1. The zero-order valence-electron chi connectivity index (χ0n) is 9.89. The Morgan fingerprint density at radius 1 is 1.33 bits per heavy atom. The quantitative estimate of drug-likeness (QED) is 0.757. The minimum atomic E-state index is 0.0528. The highest BCUT2D eigenvalue weighted by Crippen LogP contribution is 2.25. The third-order valence-electron chi connectivity index (χ3n) is 2.30. The summed E-state index contributed by atoms with van der Waals surface area (Å²) in [4.78, 5) is 10.9. The number of benzene rings is 1. The molecule has 15 heavy (non-hydrogen) atoms. The van der Waals surface area contributed by atoms with Crippen molar-refractivity contribution in [3.05, 3.63) is 28.8 Å². The number of Topliss-reactive ketones (excluding diaryl/α,β-unsaturated/α-hetero) is 1. The van der Waals surface area contributed by atoms with Crippen LogP contribution < -0.4 is 4.74 Å². The lowest BCUT2D eigenvalue weighted by molar-refractivity contribution is -0.118. The minimum absolute atomic E-state index is 0.0528. The molecule has 0 saturated carbocycles. The normalized spacial score (nSPS) is 10.1. The van der Waals surface area contributed by atoms with Crippen LogP contribution in [0.4, 0.5) is 0 Å². The van der Waals surface area contributed by atoms with Gasteiger partial charge < -0.3 is 4.74 Å². The van der Waals surface area contributed by atoms with Crippen molar-refractivity contribution >= 4 is 5.78 Å². The molecule has 0 heterocycles. The smallest absolute Gasteiger partial charge is 0.167 e. The van der Waals surface area contributed by atoms with Crippen LogP contribution in [0.2, 0.25) is 0 Å². The SMILES string of the molecule is CCc1cc(C)cc(C)c1OCC(C)=O. The monoisotopic (exact) mass is 206 g/mol. The molecule has 0 radical (unpaired) electrons. The summed E-state index contributed by atoms with van der Waals surface area (Å²) in [5.74, 6) is 0.926. The van der Waals surface area contributed by atoms with Crippen LogP contribution >= 0.6 is 0 Å². The van der Waals surface area contributed by atoms with E-state index in [1.54, 1.807) is 0 Å². The predicted octanol–water partition coefficient (Wildman–Crippen LogP) is 2.83. The summed E-state index contributed by atoms with van der Waals surface area (Å²) in [6.07, 6.45) is 0.926. The van der Waals surface area contributed by atoms with Crippen LogP contribution in [0.5, 0.6) is 5.75 Å². The van der Waals surface area contributed by atoms with E-state index in [9.17, 15) is 4.79 Å². The molecule has 0 atom stereocenters. The highest BCUT2D eigenvalue weighted by atomic mass is 16.5. The van der Waals surface area contributed by atoms with E-state index in [2.05, 4.69) is 26.0 Å². The molecule has 0 fully saturated rings. The van der Waals surface area contributed by atoms with Gasteiger partial charge in [-0.2, -0.15) is 0 Å². The van der Waals surface area contributed by atoms with Gasteiger partial charge in [0.15, 0.2) is 5.78 Å². The van der Waals surface area contributed by atoms with E-state index in [1.165, 1.54) is 18.1 Å². The summed E-state index contributed by atoms with van der Waals surface area (Å²) in [5, 5.41) is 0. The van der Waals surface area contributed by atoms with Crippen molar-refractivity contribution in [1.29, 1.82) is 0 Å². The fraction of sp³-hybridized carbons (Fsp3) is 0.462. The van der Waals surface area contributed by atoms with E-state index < -0.39 is 0 Å². The van der Waals surface area contributed by atoms with Gasteiger partial charge in [0.25, 0.3) is 0 Å². The van der Waals surface area contributed by atoms with Gasteiger partial charge in [0, 0.05) is 0 Å². The topological polar surface area (TPSA) is 26.3 Å². The average molecular weight is 206 g/mol. The Kier molecular flexibility index (Phi) is 3.89. The molecule has 0 aliphatic heterocycles. The molecule has 82 valence electrons. The fourth-order valence-electron chi connectivity index (χ4n) is 1.69. The number of hydrogen-bond acceptors (Lipinski definition) is 2. The highest BCUT2D eigenvalue weighted by molar-refractivity contribution is 5.77. The van der Waals surface area contributed by atoms with E-state index in [-0.39, 0.29) is 12.4 Å². The molecule has 0 aliphatic rings. The van der Waals surface area contributed by atoms with Gasteiger partial charge in [0.1, 0.15) is 12.4 Å². The molecule has 0 bridgehead atoms. The van der Waals surface area contributed by atoms with Crippen molar-refractivity contribution in [2.75, 3.05) is 6.61 Å². The average Bonchev–Trinajstić information content (AvgIpc) is 2.14. The molecule has 0 saturated heterocycles. The first-order valence-corrected chi connectivity index (χ1v) is 5.27. The maximum absolute atomic E-state index is 10.9. The Morgan fingerprint density at radius 3 is 2.53 bits per heavy atom. The van der Waals surface area contributed by atoms with Gasteiger partial charge in [-0.05, 0) is 38.3 Å². The van der Waals surface area contributed by atoms with Gasteiger partial charge in [0.2, 0.25) is 0 Å². The van der Waals surface area contributed by atoms with Gasteiger partial charge in [-0.3, -0.25) is 4.79 Å². The predicted molar refractivity (Wildman–Crippen MR) is 61.5 cm³/mol. The second-order valence-electron chi connectivity index (χ2n) is 3.91. The minimum Gasteiger partial charge on any atom is -0.485 e. The zero-order valence-corrected chi connectivity index (χ0v) is 9.89. The molecule has 0 unspecified atom stereocenters. The Balaban J connectivity index is 2.98. The van der Waals surface area contributed by atoms with Crippen LogP contribution in [-0.2, 0) is 11.2 Å². The van der Waals surface area contributed by atoms with Crippen LogP contribution in [0, 0.1) is 13.8 Å². The number of hydrogen-bond donors (Lipinski definition) is 0. The van der Waals surface area contributed by atoms with E-state index in [1.807, 2.05) is 6.92 Å². The van der Waals surface area contributed by atoms with Crippen LogP contribution in [0.3, 0.4) is 0 Å². The first kappa shape index (κ1) is 11.8. The Labute approximate surface area is 91.3 Å². The van der Waals surface area contributed by atoms with E-state index in [0.29, 0.717) is 0 Å². The van der Waals surface area contributed by atoms with Gasteiger partial charge in [-0.1, -0.05) is 24.6 Å². The van der Waals surface area contributed by atoms with E-state index in [4.69, 9.17) is 4.74 Å². The first-order chi connectivity index (χ1) is 7.04. The molecule has 0 spiro atoms. The van der Waals surface area contributed by atoms with Crippen molar-refractivity contribution in [3.63, 3.8) is 0 Å². The number of ether oxygens (including phenoxy) is 1. The lowest BCUT2D eigenvalue weighted by Gasteiger charge is -2.13. The molecule has 2 heteroatoms. The Morgan fingerprint density at radius 2 is 2.00 bits per heavy atom. The molecule has 0 aliphatic carbocycles. The molecule has 1 aromatic carbocycles. The van der Waals surface area contributed by atoms with Crippen LogP contribution in [-0.4, -0.2) is 12.4 Å². The van der Waals surface area contributed by atoms with E-state index in [0.717, 1.165) is 17.7 Å². The summed E-state index contributed by atoms with van der Waals surface area (Å²) < 4.78 is 5.53. The standard InChI is InChI=1S/C13H18O2/c1-5-12-7-9(2)6-10(3)13(12)15-8-11(4)14/h6-7H,5,8H2,1-4H3. The lowest BCUT2D eigenvalue weighted by atomic mass is 10.0. The largest absolute Gasteiger partial charge is 0.485 e. The number of aryl methyl sites for hydroxylation is 3. The number of carbonyl (C=O) groups is 1. The molecule has 0 N–H and O–H groups in total. The summed E-state index contributed by atoms with van der Waals surface area (Å²) in [6.45, 7) is 7.88. The second kappa shape index (κ2) is 4.96. The number of rotatable bonds is 4. The van der Waals surface area contributed by atoms with Crippen molar-refractivity contribution in [2.45, 2.75) is 34.1 Å². The molecule has 0 amide bonds. The number of carbonyl (C=O) groups excluding carboxylic acids is 1. The molecular weight excluding hydrogens is 188 g/mol. The van der Waals surface area contributed by atoms with E-state index >= 15 is 0 Å². The summed E-state index contributed by atoms with van der Waals surface area (Å²) in [6, 6.07) is 4.19. The molecule has 0 aromatic heterocycles. The van der Waals surface area contributed by atoms with Crippen molar-refractivity contribution in [3.8, 4) is 5.75 Å². The van der Waals surface area contributed by atoms with Crippen molar-refractivity contribution in [2.24, 2.45) is 0 Å². The first-order valence-electron chi connectivity index (χ1n) is 5.27. The highest BCUT2D eigenvalue weighted by Gasteiger charge is 2.07. The molecule has 1 rings (SSSR count). The summed E-state index contributed by atoms with van der Waals surface area (Å²) >= 11 is 0. The summed E-state index contributed by atoms with van der Waals surface area (Å²) in [5.41, 5.74) is 3.52. The molecule has 1 aromatic rings. The van der Waals surface area contributed by atoms with Crippen LogP contribution in [0.15, 0.2) is 12.1 Å². The molecule has 2 nitrogen and oxygen atoms in total. The third-order valence-corrected chi connectivity index (χ3v) is 2.30. The molecular formula is C13H18O2. The maximum atomic E-state index is 10.9. The maximum Gasteiger partial charge on any atom is 0.167 e.